The molecule has 0 bridgehead atoms. The van der Waals surface area contributed by atoms with Crippen LogP contribution in [0, 0.1) is 17.7 Å². The van der Waals surface area contributed by atoms with Gasteiger partial charge in [-0.25, -0.2) is 4.68 Å². The van der Waals surface area contributed by atoms with Crippen molar-refractivity contribution >= 4 is 12.2 Å². The average molecular weight is 289 g/mol. The number of rotatable bonds is 5. The summed E-state index contributed by atoms with van der Waals surface area (Å²) in [4.78, 5) is 2.68. The molecule has 0 amide bonds. The molecule has 0 spiro atoms. The second kappa shape index (κ2) is 5.50. The van der Waals surface area contributed by atoms with E-state index < -0.39 is 0 Å². The summed E-state index contributed by atoms with van der Waals surface area (Å²) >= 11 is 5.27. The number of aryl methyl sites for hydroxylation is 1. The predicted molar refractivity (Wildman–Crippen MR) is 80.9 cm³/mol. The van der Waals surface area contributed by atoms with Gasteiger partial charge in [-0.1, -0.05) is 18.2 Å². The van der Waals surface area contributed by atoms with Crippen molar-refractivity contribution < 1.29 is 4.42 Å². The Hall–Kier alpha value is -1.46. The highest BCUT2D eigenvalue weighted by atomic mass is 32.1. The van der Waals surface area contributed by atoms with E-state index in [4.69, 9.17) is 16.6 Å². The maximum absolute atomic E-state index is 5.64. The summed E-state index contributed by atoms with van der Waals surface area (Å²) in [7, 11) is 2.10. The molecular weight excluding hydrogens is 270 g/mol. The summed E-state index contributed by atoms with van der Waals surface area (Å²) in [5, 5.41) is 4.51. The third-order valence-electron chi connectivity index (χ3n) is 3.62. The molecule has 106 valence electrons. The Morgan fingerprint density at radius 2 is 2.15 bits per heavy atom. The summed E-state index contributed by atoms with van der Waals surface area (Å²) in [6.07, 6.45) is 2.70. The molecular formula is C15H19N3OS. The zero-order chi connectivity index (χ0) is 14.1. The molecule has 1 aliphatic carbocycles. The Labute approximate surface area is 124 Å². The van der Waals surface area contributed by atoms with Crippen molar-refractivity contribution in [2.24, 2.45) is 5.92 Å². The molecule has 5 heteroatoms. The van der Waals surface area contributed by atoms with Crippen molar-refractivity contribution in [1.29, 1.82) is 0 Å². The van der Waals surface area contributed by atoms with Gasteiger partial charge in [0.1, 0.15) is 0 Å². The molecule has 0 aliphatic heterocycles. The highest BCUT2D eigenvalue weighted by Crippen LogP contribution is 2.29. The SMILES string of the molecule is Cc1ccccc1-c1nn(CN(C)CC2CC2)c(=S)o1. The van der Waals surface area contributed by atoms with E-state index >= 15 is 0 Å². The molecule has 1 saturated carbocycles. The summed E-state index contributed by atoms with van der Waals surface area (Å²) in [5.74, 6) is 1.46. The maximum atomic E-state index is 5.64. The van der Waals surface area contributed by atoms with Gasteiger partial charge in [-0.05, 0) is 56.6 Å². The predicted octanol–water partition coefficient (Wildman–Crippen LogP) is 3.48. The van der Waals surface area contributed by atoms with Gasteiger partial charge in [-0.3, -0.25) is 4.90 Å². The zero-order valence-electron chi connectivity index (χ0n) is 11.9. The fourth-order valence-electron chi connectivity index (χ4n) is 2.34. The molecule has 3 rings (SSSR count). The minimum Gasteiger partial charge on any atom is -0.409 e. The van der Waals surface area contributed by atoms with E-state index in [-0.39, 0.29) is 0 Å². The second-order valence-corrected chi connectivity index (χ2v) is 5.96. The number of hydrogen-bond acceptors (Lipinski definition) is 4. The summed E-state index contributed by atoms with van der Waals surface area (Å²) < 4.78 is 7.41. The van der Waals surface area contributed by atoms with Crippen LogP contribution in [-0.4, -0.2) is 28.3 Å². The van der Waals surface area contributed by atoms with Gasteiger partial charge in [0.25, 0.3) is 4.84 Å². The van der Waals surface area contributed by atoms with Gasteiger partial charge in [0.05, 0.1) is 6.67 Å². The lowest BCUT2D eigenvalue weighted by atomic mass is 10.1. The molecule has 1 aromatic heterocycles. The Balaban J connectivity index is 1.80. The fourth-order valence-corrected chi connectivity index (χ4v) is 2.52. The molecule has 0 saturated heterocycles. The Morgan fingerprint density at radius 1 is 1.40 bits per heavy atom. The van der Waals surface area contributed by atoms with Crippen LogP contribution in [0.2, 0.25) is 0 Å². The Kier molecular flexibility index (Phi) is 3.72. The van der Waals surface area contributed by atoms with Gasteiger partial charge in [-0.2, -0.15) is 0 Å². The van der Waals surface area contributed by atoms with Crippen LogP contribution in [0.1, 0.15) is 18.4 Å². The van der Waals surface area contributed by atoms with Crippen LogP contribution in [0.4, 0.5) is 0 Å². The van der Waals surface area contributed by atoms with Crippen molar-refractivity contribution in [1.82, 2.24) is 14.7 Å². The molecule has 1 aromatic carbocycles. The first kappa shape index (κ1) is 13.5. The normalized spacial score (nSPS) is 14.9. The van der Waals surface area contributed by atoms with Crippen molar-refractivity contribution in [3.05, 3.63) is 34.7 Å². The van der Waals surface area contributed by atoms with E-state index in [9.17, 15) is 0 Å². The third kappa shape index (κ3) is 2.99. The van der Waals surface area contributed by atoms with Crippen molar-refractivity contribution in [2.45, 2.75) is 26.4 Å². The minimum absolute atomic E-state index is 0.436. The smallest absolute Gasteiger partial charge is 0.288 e. The van der Waals surface area contributed by atoms with Crippen LogP contribution in [0.15, 0.2) is 28.7 Å². The van der Waals surface area contributed by atoms with Gasteiger partial charge in [-0.15, -0.1) is 5.10 Å². The standard InChI is InChI=1S/C15H19N3OS/c1-11-5-3-4-6-13(11)14-16-18(15(20)19-14)10-17(2)9-12-7-8-12/h3-6,12H,7-10H2,1-2H3. The first-order valence-corrected chi connectivity index (χ1v) is 7.37. The summed E-state index contributed by atoms with van der Waals surface area (Å²) in [6.45, 7) is 3.84. The van der Waals surface area contributed by atoms with Gasteiger partial charge in [0.2, 0.25) is 5.89 Å². The third-order valence-corrected chi connectivity index (χ3v) is 3.92. The monoisotopic (exact) mass is 289 g/mol. The van der Waals surface area contributed by atoms with E-state index in [1.807, 2.05) is 31.2 Å². The quantitative estimate of drug-likeness (QED) is 0.789. The fraction of sp³-hybridized carbons (Fsp3) is 0.467. The highest BCUT2D eigenvalue weighted by Gasteiger charge is 2.23. The topological polar surface area (TPSA) is 34.2 Å². The van der Waals surface area contributed by atoms with Crippen LogP contribution >= 0.6 is 12.2 Å². The number of hydrogen-bond donors (Lipinski definition) is 0. The molecule has 1 fully saturated rings. The van der Waals surface area contributed by atoms with E-state index in [1.165, 1.54) is 12.8 Å². The molecule has 1 aliphatic rings. The Bertz CT molecular complexity index is 657. The molecule has 0 atom stereocenters. The summed E-state index contributed by atoms with van der Waals surface area (Å²) in [5.41, 5.74) is 2.14. The van der Waals surface area contributed by atoms with Gasteiger partial charge < -0.3 is 4.42 Å². The second-order valence-electron chi connectivity index (χ2n) is 5.61. The first-order valence-electron chi connectivity index (χ1n) is 6.96. The van der Waals surface area contributed by atoms with Gasteiger partial charge in [0, 0.05) is 12.1 Å². The van der Waals surface area contributed by atoms with Crippen molar-refractivity contribution in [2.75, 3.05) is 13.6 Å². The van der Waals surface area contributed by atoms with E-state index in [0.717, 1.165) is 23.6 Å². The minimum atomic E-state index is 0.436. The number of aromatic nitrogens is 2. The molecule has 4 nitrogen and oxygen atoms in total. The first-order chi connectivity index (χ1) is 9.63. The van der Waals surface area contributed by atoms with Crippen molar-refractivity contribution in [3.8, 4) is 11.5 Å². The summed E-state index contributed by atoms with van der Waals surface area (Å²) in [6, 6.07) is 8.05. The zero-order valence-corrected chi connectivity index (χ0v) is 12.7. The van der Waals surface area contributed by atoms with Gasteiger partial charge in [0.15, 0.2) is 0 Å². The maximum Gasteiger partial charge on any atom is 0.288 e. The van der Waals surface area contributed by atoms with Crippen LogP contribution in [-0.2, 0) is 6.67 Å². The molecule has 20 heavy (non-hydrogen) atoms. The molecule has 0 N–H and O–H groups in total. The van der Waals surface area contributed by atoms with Crippen LogP contribution in [0.5, 0.6) is 0 Å². The lowest BCUT2D eigenvalue weighted by Crippen LogP contribution is -2.24. The van der Waals surface area contributed by atoms with E-state index in [2.05, 4.69) is 17.0 Å². The average Bonchev–Trinajstić information content (AvgIpc) is 3.14. The van der Waals surface area contributed by atoms with Crippen molar-refractivity contribution in [3.63, 3.8) is 0 Å². The Morgan fingerprint density at radius 3 is 2.85 bits per heavy atom. The molecule has 0 radical (unpaired) electrons. The lowest BCUT2D eigenvalue weighted by Gasteiger charge is -2.14. The lowest BCUT2D eigenvalue weighted by molar-refractivity contribution is 0.239. The van der Waals surface area contributed by atoms with E-state index in [1.54, 1.807) is 4.68 Å². The highest BCUT2D eigenvalue weighted by molar-refractivity contribution is 7.71. The van der Waals surface area contributed by atoms with Crippen LogP contribution in [0.25, 0.3) is 11.5 Å². The van der Waals surface area contributed by atoms with E-state index in [0.29, 0.717) is 17.4 Å². The molecule has 0 unspecified atom stereocenters. The molecule has 2 aromatic rings. The van der Waals surface area contributed by atoms with Gasteiger partial charge >= 0.3 is 0 Å². The van der Waals surface area contributed by atoms with Crippen LogP contribution in [0.3, 0.4) is 0 Å². The molecule has 1 heterocycles. The van der Waals surface area contributed by atoms with Crippen LogP contribution < -0.4 is 0 Å². The number of nitrogens with zero attached hydrogens (tertiary/aromatic N) is 3. The largest absolute Gasteiger partial charge is 0.409 e. The number of benzene rings is 1.